The van der Waals surface area contributed by atoms with Crippen LogP contribution in [-0.2, 0) is 4.74 Å². The van der Waals surface area contributed by atoms with Crippen molar-refractivity contribution in [2.75, 3.05) is 6.61 Å². The standard InChI is InChI=1S/C13H17NO2/c1-2-12-11(8-9-16-12)14-13(15)10-6-4-3-5-7-10/h3-7,11-12H,2,8-9H2,1H3,(H,14,15)/t11-,12+/m0/s1. The third kappa shape index (κ3) is 2.42. The first-order valence-corrected chi connectivity index (χ1v) is 5.78. The number of rotatable bonds is 3. The number of nitrogens with one attached hydrogen (secondary N) is 1. The lowest BCUT2D eigenvalue weighted by molar-refractivity contribution is 0.0809. The fourth-order valence-electron chi connectivity index (χ4n) is 2.06. The summed E-state index contributed by atoms with van der Waals surface area (Å²) in [5.41, 5.74) is 0.712. The van der Waals surface area contributed by atoms with Crippen LogP contribution in [0.3, 0.4) is 0 Å². The summed E-state index contributed by atoms with van der Waals surface area (Å²) in [6, 6.07) is 9.47. The van der Waals surface area contributed by atoms with Gasteiger partial charge in [0, 0.05) is 12.2 Å². The van der Waals surface area contributed by atoms with Crippen LogP contribution in [0.1, 0.15) is 30.1 Å². The molecule has 3 heteroatoms. The van der Waals surface area contributed by atoms with Gasteiger partial charge >= 0.3 is 0 Å². The summed E-state index contributed by atoms with van der Waals surface area (Å²) in [7, 11) is 0. The Balaban J connectivity index is 1.97. The summed E-state index contributed by atoms with van der Waals surface area (Å²) in [5, 5.41) is 3.03. The number of ether oxygens (including phenoxy) is 1. The highest BCUT2D eigenvalue weighted by atomic mass is 16.5. The Morgan fingerprint density at radius 1 is 1.44 bits per heavy atom. The van der Waals surface area contributed by atoms with E-state index in [9.17, 15) is 4.79 Å². The highest BCUT2D eigenvalue weighted by Crippen LogP contribution is 2.16. The minimum atomic E-state index is -0.00505. The van der Waals surface area contributed by atoms with Crippen molar-refractivity contribution in [2.24, 2.45) is 0 Å². The maximum Gasteiger partial charge on any atom is 0.251 e. The SMILES string of the molecule is CC[C@H]1OCC[C@@H]1NC(=O)c1ccccc1. The number of amides is 1. The van der Waals surface area contributed by atoms with Gasteiger partial charge in [0.05, 0.1) is 12.1 Å². The fraction of sp³-hybridized carbons (Fsp3) is 0.462. The van der Waals surface area contributed by atoms with E-state index in [0.29, 0.717) is 5.56 Å². The van der Waals surface area contributed by atoms with Gasteiger partial charge in [-0.05, 0) is 25.0 Å². The quantitative estimate of drug-likeness (QED) is 0.844. The van der Waals surface area contributed by atoms with Crippen molar-refractivity contribution >= 4 is 5.91 Å². The Hall–Kier alpha value is -1.35. The van der Waals surface area contributed by atoms with Crippen LogP contribution in [0.4, 0.5) is 0 Å². The molecule has 1 saturated heterocycles. The van der Waals surface area contributed by atoms with Crippen molar-refractivity contribution < 1.29 is 9.53 Å². The summed E-state index contributed by atoms with van der Waals surface area (Å²) >= 11 is 0. The van der Waals surface area contributed by atoms with Crippen molar-refractivity contribution in [3.63, 3.8) is 0 Å². The normalized spacial score (nSPS) is 24.3. The lowest BCUT2D eigenvalue weighted by atomic mass is 10.1. The van der Waals surface area contributed by atoms with E-state index in [1.165, 1.54) is 0 Å². The van der Waals surface area contributed by atoms with Crippen molar-refractivity contribution in [2.45, 2.75) is 31.9 Å². The average Bonchev–Trinajstić information content (AvgIpc) is 2.77. The molecule has 0 saturated carbocycles. The summed E-state index contributed by atoms with van der Waals surface area (Å²) in [5.74, 6) is -0.00505. The fourth-order valence-corrected chi connectivity index (χ4v) is 2.06. The molecule has 86 valence electrons. The zero-order valence-electron chi connectivity index (χ0n) is 9.48. The van der Waals surface area contributed by atoms with E-state index in [4.69, 9.17) is 4.74 Å². The van der Waals surface area contributed by atoms with Crippen LogP contribution in [0.15, 0.2) is 30.3 Å². The van der Waals surface area contributed by atoms with Crippen molar-refractivity contribution in [1.82, 2.24) is 5.32 Å². The Kier molecular flexibility index (Phi) is 3.57. The molecular formula is C13H17NO2. The Morgan fingerprint density at radius 2 is 2.19 bits per heavy atom. The number of hydrogen-bond donors (Lipinski definition) is 1. The molecule has 0 radical (unpaired) electrons. The van der Waals surface area contributed by atoms with Gasteiger partial charge in [0.1, 0.15) is 0 Å². The molecule has 1 aromatic rings. The lowest BCUT2D eigenvalue weighted by Crippen LogP contribution is -2.40. The molecule has 1 heterocycles. The maximum absolute atomic E-state index is 11.9. The smallest absolute Gasteiger partial charge is 0.251 e. The van der Waals surface area contributed by atoms with E-state index in [2.05, 4.69) is 12.2 Å². The highest BCUT2D eigenvalue weighted by Gasteiger charge is 2.28. The van der Waals surface area contributed by atoms with Gasteiger partial charge in [-0.1, -0.05) is 25.1 Å². The molecule has 1 fully saturated rings. The van der Waals surface area contributed by atoms with Crippen LogP contribution in [0.5, 0.6) is 0 Å². The van der Waals surface area contributed by atoms with E-state index in [1.54, 1.807) is 0 Å². The minimum Gasteiger partial charge on any atom is -0.376 e. The van der Waals surface area contributed by atoms with E-state index < -0.39 is 0 Å². The summed E-state index contributed by atoms with van der Waals surface area (Å²) < 4.78 is 5.54. The van der Waals surface area contributed by atoms with Gasteiger partial charge in [0.2, 0.25) is 0 Å². The molecule has 1 aliphatic rings. The first-order chi connectivity index (χ1) is 7.81. The molecule has 1 aliphatic heterocycles. The molecule has 3 nitrogen and oxygen atoms in total. The van der Waals surface area contributed by atoms with Gasteiger partial charge in [-0.25, -0.2) is 0 Å². The monoisotopic (exact) mass is 219 g/mol. The Labute approximate surface area is 95.8 Å². The molecule has 1 aromatic carbocycles. The van der Waals surface area contributed by atoms with Crippen molar-refractivity contribution in [3.8, 4) is 0 Å². The molecule has 0 aromatic heterocycles. The van der Waals surface area contributed by atoms with Crippen LogP contribution >= 0.6 is 0 Å². The predicted molar refractivity (Wildman–Crippen MR) is 62.3 cm³/mol. The molecule has 1 N–H and O–H groups in total. The summed E-state index contributed by atoms with van der Waals surface area (Å²) in [6.07, 6.45) is 2.03. The zero-order valence-corrected chi connectivity index (χ0v) is 9.48. The van der Waals surface area contributed by atoms with Gasteiger partial charge in [0.15, 0.2) is 0 Å². The molecule has 2 rings (SSSR count). The first-order valence-electron chi connectivity index (χ1n) is 5.78. The third-order valence-electron chi connectivity index (χ3n) is 2.96. The molecule has 16 heavy (non-hydrogen) atoms. The second-order valence-corrected chi connectivity index (χ2v) is 4.05. The Morgan fingerprint density at radius 3 is 2.88 bits per heavy atom. The number of hydrogen-bond acceptors (Lipinski definition) is 2. The molecule has 0 bridgehead atoms. The van der Waals surface area contributed by atoms with Gasteiger partial charge in [0.25, 0.3) is 5.91 Å². The predicted octanol–water partition coefficient (Wildman–Crippen LogP) is 1.98. The zero-order chi connectivity index (χ0) is 11.4. The Bertz CT molecular complexity index is 350. The molecule has 0 spiro atoms. The summed E-state index contributed by atoms with van der Waals surface area (Å²) in [4.78, 5) is 11.9. The lowest BCUT2D eigenvalue weighted by Gasteiger charge is -2.18. The van der Waals surface area contributed by atoms with E-state index in [1.807, 2.05) is 30.3 Å². The molecular weight excluding hydrogens is 202 g/mol. The van der Waals surface area contributed by atoms with Crippen molar-refractivity contribution in [1.29, 1.82) is 0 Å². The number of carbonyl (C=O) groups is 1. The van der Waals surface area contributed by atoms with Crippen LogP contribution in [-0.4, -0.2) is 24.7 Å². The second kappa shape index (κ2) is 5.12. The van der Waals surface area contributed by atoms with Crippen LogP contribution < -0.4 is 5.32 Å². The molecule has 1 amide bonds. The van der Waals surface area contributed by atoms with Crippen LogP contribution in [0, 0.1) is 0 Å². The van der Waals surface area contributed by atoms with E-state index >= 15 is 0 Å². The third-order valence-corrected chi connectivity index (χ3v) is 2.96. The molecule has 2 atom stereocenters. The number of benzene rings is 1. The van der Waals surface area contributed by atoms with Gasteiger partial charge in [-0.2, -0.15) is 0 Å². The van der Waals surface area contributed by atoms with Crippen LogP contribution in [0.2, 0.25) is 0 Å². The van der Waals surface area contributed by atoms with Gasteiger partial charge in [-0.15, -0.1) is 0 Å². The number of carbonyl (C=O) groups excluding carboxylic acids is 1. The molecule has 0 aliphatic carbocycles. The highest BCUT2D eigenvalue weighted by molar-refractivity contribution is 5.94. The molecule has 0 unspecified atom stereocenters. The topological polar surface area (TPSA) is 38.3 Å². The average molecular weight is 219 g/mol. The van der Waals surface area contributed by atoms with E-state index in [-0.39, 0.29) is 18.1 Å². The second-order valence-electron chi connectivity index (χ2n) is 4.05. The maximum atomic E-state index is 11.9. The minimum absolute atomic E-state index is 0.00505. The summed E-state index contributed by atoms with van der Waals surface area (Å²) in [6.45, 7) is 2.83. The van der Waals surface area contributed by atoms with E-state index in [0.717, 1.165) is 19.4 Å². The van der Waals surface area contributed by atoms with Gasteiger partial charge in [-0.3, -0.25) is 4.79 Å². The first kappa shape index (κ1) is 11.1. The largest absolute Gasteiger partial charge is 0.376 e. The van der Waals surface area contributed by atoms with Gasteiger partial charge < -0.3 is 10.1 Å². The van der Waals surface area contributed by atoms with Crippen molar-refractivity contribution in [3.05, 3.63) is 35.9 Å². The van der Waals surface area contributed by atoms with Crippen LogP contribution in [0.25, 0.3) is 0 Å².